The molecule has 2 aromatic carbocycles. The first kappa shape index (κ1) is 15.6. The molecule has 2 rings (SSSR count). The van der Waals surface area contributed by atoms with Gasteiger partial charge in [-0.3, -0.25) is 4.79 Å². The minimum atomic E-state index is -0.530. The van der Waals surface area contributed by atoms with Crippen LogP contribution in [0.3, 0.4) is 0 Å². The van der Waals surface area contributed by atoms with Gasteiger partial charge >= 0.3 is 0 Å². The fraction of sp³-hybridized carbons (Fsp3) is 0.235. The fourth-order valence-corrected chi connectivity index (χ4v) is 2.70. The average Bonchev–Trinajstić information content (AvgIpc) is 2.54. The molecular weight excluding hydrogens is 282 g/mol. The van der Waals surface area contributed by atoms with Crippen molar-refractivity contribution in [2.75, 3.05) is 11.5 Å². The molecule has 3 nitrogen and oxygen atoms in total. The predicted molar refractivity (Wildman–Crippen MR) is 87.0 cm³/mol. The van der Waals surface area contributed by atoms with Gasteiger partial charge in [0.2, 0.25) is 5.91 Å². The molecule has 2 N–H and O–H groups in total. The molecule has 4 heteroatoms. The molecule has 0 aliphatic heterocycles. The highest BCUT2D eigenvalue weighted by molar-refractivity contribution is 7.99. The van der Waals surface area contributed by atoms with E-state index in [4.69, 9.17) is 0 Å². The van der Waals surface area contributed by atoms with Gasteiger partial charge in [0, 0.05) is 12.3 Å². The van der Waals surface area contributed by atoms with Gasteiger partial charge in [0.25, 0.3) is 0 Å². The van der Waals surface area contributed by atoms with E-state index < -0.39 is 6.10 Å². The summed E-state index contributed by atoms with van der Waals surface area (Å²) >= 11 is 1.44. The molecule has 0 heterocycles. The van der Waals surface area contributed by atoms with Crippen molar-refractivity contribution in [3.63, 3.8) is 0 Å². The zero-order chi connectivity index (χ0) is 14.9. The third-order valence-corrected chi connectivity index (χ3v) is 4.04. The Morgan fingerprint density at radius 2 is 1.67 bits per heavy atom. The van der Waals surface area contributed by atoms with Gasteiger partial charge in [0.15, 0.2) is 0 Å². The smallest absolute Gasteiger partial charge is 0.230 e. The summed E-state index contributed by atoms with van der Waals surface area (Å²) in [6, 6.07) is 19.3. The van der Waals surface area contributed by atoms with Crippen LogP contribution in [0.1, 0.15) is 17.2 Å². The molecule has 0 spiro atoms. The Morgan fingerprint density at radius 3 is 2.33 bits per heavy atom. The van der Waals surface area contributed by atoms with Crippen LogP contribution in [-0.4, -0.2) is 22.5 Å². The van der Waals surface area contributed by atoms with Crippen molar-refractivity contribution in [1.29, 1.82) is 0 Å². The number of hydrogen-bond acceptors (Lipinski definition) is 3. The van der Waals surface area contributed by atoms with E-state index in [9.17, 15) is 9.90 Å². The van der Waals surface area contributed by atoms with Gasteiger partial charge in [-0.05, 0) is 11.1 Å². The number of hydrogen-bond donors (Lipinski definition) is 2. The van der Waals surface area contributed by atoms with Crippen molar-refractivity contribution in [3.8, 4) is 0 Å². The van der Waals surface area contributed by atoms with E-state index in [1.807, 2.05) is 60.7 Å². The van der Waals surface area contributed by atoms with Gasteiger partial charge in [-0.1, -0.05) is 60.7 Å². The monoisotopic (exact) mass is 301 g/mol. The Kier molecular flexibility index (Phi) is 6.31. The summed E-state index contributed by atoms with van der Waals surface area (Å²) in [5.41, 5.74) is 1.97. The van der Waals surface area contributed by atoms with E-state index in [0.717, 1.165) is 11.1 Å². The molecule has 1 atom stereocenters. The fourth-order valence-electron chi connectivity index (χ4n) is 1.88. The van der Waals surface area contributed by atoms with Gasteiger partial charge in [-0.2, -0.15) is 0 Å². The Bertz CT molecular complexity index is 545. The lowest BCUT2D eigenvalue weighted by atomic mass is 10.1. The van der Waals surface area contributed by atoms with Crippen molar-refractivity contribution in [2.24, 2.45) is 0 Å². The van der Waals surface area contributed by atoms with Gasteiger partial charge < -0.3 is 10.4 Å². The SMILES string of the molecule is O=C(CSC[C@H](O)c1ccccc1)NCc1ccccc1. The van der Waals surface area contributed by atoms with Crippen LogP contribution >= 0.6 is 11.8 Å². The molecular formula is C17H19NO2S. The second-order valence-electron chi connectivity index (χ2n) is 4.70. The standard InChI is InChI=1S/C17H19NO2S/c19-16(15-9-5-2-6-10-15)12-21-13-17(20)18-11-14-7-3-1-4-8-14/h1-10,16,19H,11-13H2,(H,18,20)/t16-/m0/s1. The molecule has 110 valence electrons. The number of nitrogens with one attached hydrogen (secondary N) is 1. The third-order valence-electron chi connectivity index (χ3n) is 3.03. The molecule has 0 saturated heterocycles. The quantitative estimate of drug-likeness (QED) is 0.827. The number of rotatable bonds is 7. The summed E-state index contributed by atoms with van der Waals surface area (Å²) in [5.74, 6) is 0.864. The molecule has 0 bridgehead atoms. The molecule has 0 radical (unpaired) electrons. The number of carbonyl (C=O) groups excluding carboxylic acids is 1. The van der Waals surface area contributed by atoms with Crippen LogP contribution in [0.5, 0.6) is 0 Å². The second-order valence-corrected chi connectivity index (χ2v) is 5.73. The maximum atomic E-state index is 11.7. The van der Waals surface area contributed by atoms with E-state index in [1.165, 1.54) is 11.8 Å². The highest BCUT2D eigenvalue weighted by Crippen LogP contribution is 2.17. The lowest BCUT2D eigenvalue weighted by Crippen LogP contribution is -2.24. The lowest BCUT2D eigenvalue weighted by molar-refractivity contribution is -0.118. The summed E-state index contributed by atoms with van der Waals surface area (Å²) in [6.45, 7) is 0.543. The maximum absolute atomic E-state index is 11.7. The third kappa shape index (κ3) is 5.61. The minimum Gasteiger partial charge on any atom is -0.388 e. The van der Waals surface area contributed by atoms with Crippen LogP contribution < -0.4 is 5.32 Å². The topological polar surface area (TPSA) is 49.3 Å². The van der Waals surface area contributed by atoms with Crippen molar-refractivity contribution >= 4 is 17.7 Å². The molecule has 21 heavy (non-hydrogen) atoms. The Hall–Kier alpha value is -1.78. The summed E-state index contributed by atoms with van der Waals surface area (Å²) in [5, 5.41) is 12.9. The molecule has 0 aromatic heterocycles. The van der Waals surface area contributed by atoms with Crippen molar-refractivity contribution in [2.45, 2.75) is 12.6 Å². The van der Waals surface area contributed by atoms with Gasteiger partial charge in [0.05, 0.1) is 11.9 Å². The first-order chi connectivity index (χ1) is 10.3. The lowest BCUT2D eigenvalue weighted by Gasteiger charge is -2.10. The van der Waals surface area contributed by atoms with Gasteiger partial charge in [-0.15, -0.1) is 11.8 Å². The normalized spacial score (nSPS) is 11.9. The Morgan fingerprint density at radius 1 is 1.05 bits per heavy atom. The maximum Gasteiger partial charge on any atom is 0.230 e. The van der Waals surface area contributed by atoms with Crippen LogP contribution in [-0.2, 0) is 11.3 Å². The zero-order valence-corrected chi connectivity index (χ0v) is 12.6. The first-order valence-corrected chi connectivity index (χ1v) is 8.02. The number of aliphatic hydroxyl groups excluding tert-OH is 1. The highest BCUT2D eigenvalue weighted by atomic mass is 32.2. The van der Waals surface area contributed by atoms with E-state index in [-0.39, 0.29) is 5.91 Å². The second kappa shape index (κ2) is 8.49. The molecule has 2 aromatic rings. The molecule has 0 aliphatic carbocycles. The van der Waals surface area contributed by atoms with Crippen molar-refractivity contribution < 1.29 is 9.90 Å². The van der Waals surface area contributed by atoms with E-state index in [0.29, 0.717) is 18.1 Å². The number of carbonyl (C=O) groups is 1. The average molecular weight is 301 g/mol. The Labute approximate surface area is 129 Å². The van der Waals surface area contributed by atoms with Crippen LogP contribution in [0.4, 0.5) is 0 Å². The molecule has 1 amide bonds. The molecule has 0 aliphatic rings. The molecule has 0 unspecified atom stereocenters. The zero-order valence-electron chi connectivity index (χ0n) is 11.7. The van der Waals surface area contributed by atoms with Crippen LogP contribution in [0.25, 0.3) is 0 Å². The number of thioether (sulfide) groups is 1. The summed E-state index contributed by atoms with van der Waals surface area (Å²) in [4.78, 5) is 11.7. The first-order valence-electron chi connectivity index (χ1n) is 6.87. The largest absolute Gasteiger partial charge is 0.388 e. The number of aliphatic hydroxyl groups is 1. The van der Waals surface area contributed by atoms with E-state index >= 15 is 0 Å². The highest BCUT2D eigenvalue weighted by Gasteiger charge is 2.08. The molecule has 0 saturated carbocycles. The van der Waals surface area contributed by atoms with Crippen LogP contribution in [0.2, 0.25) is 0 Å². The van der Waals surface area contributed by atoms with Crippen molar-refractivity contribution in [1.82, 2.24) is 5.32 Å². The van der Waals surface area contributed by atoms with Crippen molar-refractivity contribution in [3.05, 3.63) is 71.8 Å². The van der Waals surface area contributed by atoms with E-state index in [2.05, 4.69) is 5.32 Å². The summed E-state index contributed by atoms with van der Waals surface area (Å²) in [7, 11) is 0. The van der Waals surface area contributed by atoms with Gasteiger partial charge in [0.1, 0.15) is 0 Å². The predicted octanol–water partition coefficient (Wildman–Crippen LogP) is 2.77. The van der Waals surface area contributed by atoms with Crippen LogP contribution in [0, 0.1) is 0 Å². The minimum absolute atomic E-state index is 0.0101. The van der Waals surface area contributed by atoms with Crippen LogP contribution in [0.15, 0.2) is 60.7 Å². The summed E-state index contributed by atoms with van der Waals surface area (Å²) < 4.78 is 0. The summed E-state index contributed by atoms with van der Waals surface area (Å²) in [6.07, 6.45) is -0.530. The Balaban J connectivity index is 1.65. The van der Waals surface area contributed by atoms with Gasteiger partial charge in [-0.25, -0.2) is 0 Å². The number of benzene rings is 2. The van der Waals surface area contributed by atoms with E-state index in [1.54, 1.807) is 0 Å². The number of amides is 1. The molecule has 0 fully saturated rings.